The van der Waals surface area contributed by atoms with Crippen LogP contribution in [0.15, 0.2) is 24.3 Å². The lowest BCUT2D eigenvalue weighted by Gasteiger charge is -2.25. The predicted molar refractivity (Wildman–Crippen MR) is 77.5 cm³/mol. The molecule has 0 saturated heterocycles. The van der Waals surface area contributed by atoms with Gasteiger partial charge in [0.1, 0.15) is 0 Å². The Balaban J connectivity index is 2.48. The Morgan fingerprint density at radius 2 is 2.05 bits per heavy atom. The van der Waals surface area contributed by atoms with Crippen molar-refractivity contribution in [2.45, 2.75) is 39.4 Å². The van der Waals surface area contributed by atoms with Gasteiger partial charge in [0, 0.05) is 25.2 Å². The molecule has 0 bridgehead atoms. The van der Waals surface area contributed by atoms with Crippen molar-refractivity contribution >= 4 is 5.97 Å². The second-order valence-electron chi connectivity index (χ2n) is 5.32. The van der Waals surface area contributed by atoms with Gasteiger partial charge in [-0.1, -0.05) is 12.1 Å². The standard InChI is InChI=1S/C15H24N2O2/c1-11(2)17(4)10-12(3)16-9-13-6-5-7-14(8-13)15(18)19/h5-8,11-12,16H,9-10H2,1-4H3,(H,18,19)/t12-/m1/s1. The number of carboxylic acids is 1. The van der Waals surface area contributed by atoms with Gasteiger partial charge in [-0.3, -0.25) is 0 Å². The Hall–Kier alpha value is -1.39. The molecule has 4 nitrogen and oxygen atoms in total. The van der Waals surface area contributed by atoms with E-state index in [0.717, 1.165) is 12.1 Å². The van der Waals surface area contributed by atoms with Crippen molar-refractivity contribution in [2.75, 3.05) is 13.6 Å². The van der Waals surface area contributed by atoms with Crippen molar-refractivity contribution < 1.29 is 9.90 Å². The first-order valence-electron chi connectivity index (χ1n) is 6.66. The number of hydrogen-bond donors (Lipinski definition) is 2. The zero-order chi connectivity index (χ0) is 14.4. The Bertz CT molecular complexity index is 418. The van der Waals surface area contributed by atoms with E-state index in [-0.39, 0.29) is 0 Å². The number of nitrogens with one attached hydrogen (secondary N) is 1. The molecule has 1 aromatic carbocycles. The molecule has 0 saturated carbocycles. The molecule has 1 rings (SSSR count). The summed E-state index contributed by atoms with van der Waals surface area (Å²) in [4.78, 5) is 13.2. The molecule has 0 aliphatic rings. The molecule has 0 radical (unpaired) electrons. The summed E-state index contributed by atoms with van der Waals surface area (Å²) >= 11 is 0. The van der Waals surface area contributed by atoms with Crippen LogP contribution >= 0.6 is 0 Å². The normalized spacial score (nSPS) is 12.9. The van der Waals surface area contributed by atoms with E-state index in [0.29, 0.717) is 24.2 Å². The lowest BCUT2D eigenvalue weighted by atomic mass is 10.1. The maximum Gasteiger partial charge on any atom is 0.335 e. The molecular weight excluding hydrogens is 240 g/mol. The first-order valence-corrected chi connectivity index (χ1v) is 6.66. The highest BCUT2D eigenvalue weighted by Crippen LogP contribution is 2.06. The van der Waals surface area contributed by atoms with Crippen LogP contribution in [0.2, 0.25) is 0 Å². The van der Waals surface area contributed by atoms with Crippen LogP contribution in [0, 0.1) is 0 Å². The van der Waals surface area contributed by atoms with Crippen LogP contribution in [0.1, 0.15) is 36.7 Å². The molecular formula is C15H24N2O2. The van der Waals surface area contributed by atoms with Crippen molar-refractivity contribution in [3.05, 3.63) is 35.4 Å². The molecule has 0 unspecified atom stereocenters. The van der Waals surface area contributed by atoms with Crippen LogP contribution in [-0.2, 0) is 6.54 Å². The monoisotopic (exact) mass is 264 g/mol. The molecule has 106 valence electrons. The summed E-state index contributed by atoms with van der Waals surface area (Å²) < 4.78 is 0. The zero-order valence-corrected chi connectivity index (χ0v) is 12.2. The molecule has 2 N–H and O–H groups in total. The number of aromatic carboxylic acids is 1. The summed E-state index contributed by atoms with van der Waals surface area (Å²) in [5.74, 6) is -0.880. The van der Waals surface area contributed by atoms with Crippen LogP contribution in [0.5, 0.6) is 0 Å². The van der Waals surface area contributed by atoms with Gasteiger partial charge >= 0.3 is 5.97 Å². The van der Waals surface area contributed by atoms with Gasteiger partial charge in [0.25, 0.3) is 0 Å². The van der Waals surface area contributed by atoms with E-state index < -0.39 is 5.97 Å². The van der Waals surface area contributed by atoms with Crippen molar-refractivity contribution in [3.8, 4) is 0 Å². The van der Waals surface area contributed by atoms with Crippen molar-refractivity contribution in [1.29, 1.82) is 0 Å². The predicted octanol–water partition coefficient (Wildman–Crippen LogP) is 2.20. The maximum atomic E-state index is 10.9. The van der Waals surface area contributed by atoms with Crippen LogP contribution in [0.4, 0.5) is 0 Å². The molecule has 0 aromatic heterocycles. The fraction of sp³-hybridized carbons (Fsp3) is 0.533. The fourth-order valence-electron chi connectivity index (χ4n) is 1.81. The maximum absolute atomic E-state index is 10.9. The molecule has 1 aromatic rings. The minimum atomic E-state index is -0.880. The highest BCUT2D eigenvalue weighted by atomic mass is 16.4. The number of benzene rings is 1. The van der Waals surface area contributed by atoms with E-state index in [2.05, 4.69) is 38.0 Å². The second-order valence-corrected chi connectivity index (χ2v) is 5.32. The van der Waals surface area contributed by atoms with Crippen molar-refractivity contribution in [3.63, 3.8) is 0 Å². The van der Waals surface area contributed by atoms with E-state index in [1.165, 1.54) is 0 Å². The van der Waals surface area contributed by atoms with Gasteiger partial charge in [-0.25, -0.2) is 4.79 Å². The number of likely N-dealkylation sites (N-methyl/N-ethyl adjacent to an activating group) is 1. The van der Waals surface area contributed by atoms with E-state index in [4.69, 9.17) is 5.11 Å². The third-order valence-corrected chi connectivity index (χ3v) is 3.27. The van der Waals surface area contributed by atoms with E-state index in [1.54, 1.807) is 18.2 Å². The third-order valence-electron chi connectivity index (χ3n) is 3.27. The lowest BCUT2D eigenvalue weighted by Crippen LogP contribution is -2.39. The fourth-order valence-corrected chi connectivity index (χ4v) is 1.81. The molecule has 0 aliphatic heterocycles. The molecule has 0 aliphatic carbocycles. The Morgan fingerprint density at radius 1 is 1.37 bits per heavy atom. The minimum Gasteiger partial charge on any atom is -0.478 e. The third kappa shape index (κ3) is 5.41. The molecule has 0 heterocycles. The van der Waals surface area contributed by atoms with Gasteiger partial charge < -0.3 is 15.3 Å². The topological polar surface area (TPSA) is 52.6 Å². The largest absolute Gasteiger partial charge is 0.478 e. The Labute approximate surface area is 115 Å². The summed E-state index contributed by atoms with van der Waals surface area (Å²) in [6, 6.07) is 7.94. The zero-order valence-electron chi connectivity index (χ0n) is 12.2. The number of nitrogens with zero attached hydrogens (tertiary/aromatic N) is 1. The van der Waals surface area contributed by atoms with Crippen LogP contribution < -0.4 is 5.32 Å². The van der Waals surface area contributed by atoms with E-state index >= 15 is 0 Å². The van der Waals surface area contributed by atoms with Gasteiger partial charge in [-0.2, -0.15) is 0 Å². The quantitative estimate of drug-likeness (QED) is 0.793. The molecule has 4 heteroatoms. The van der Waals surface area contributed by atoms with Gasteiger partial charge in [0.05, 0.1) is 5.56 Å². The van der Waals surface area contributed by atoms with Crippen LogP contribution in [0.3, 0.4) is 0 Å². The van der Waals surface area contributed by atoms with Crippen molar-refractivity contribution in [2.24, 2.45) is 0 Å². The van der Waals surface area contributed by atoms with Gasteiger partial charge in [-0.15, -0.1) is 0 Å². The summed E-state index contributed by atoms with van der Waals surface area (Å²) in [6.07, 6.45) is 0. The lowest BCUT2D eigenvalue weighted by molar-refractivity contribution is 0.0696. The van der Waals surface area contributed by atoms with Crippen LogP contribution in [-0.4, -0.2) is 41.7 Å². The summed E-state index contributed by atoms with van der Waals surface area (Å²) in [5, 5.41) is 12.4. The Morgan fingerprint density at radius 3 is 2.63 bits per heavy atom. The van der Waals surface area contributed by atoms with E-state index in [1.807, 2.05) is 6.07 Å². The summed E-state index contributed by atoms with van der Waals surface area (Å²) in [6.45, 7) is 8.14. The second kappa shape index (κ2) is 7.26. The Kier molecular flexibility index (Phi) is 5.99. The smallest absolute Gasteiger partial charge is 0.335 e. The first kappa shape index (κ1) is 15.7. The average molecular weight is 264 g/mol. The summed E-state index contributed by atoms with van der Waals surface area (Å²) in [5.41, 5.74) is 1.34. The highest BCUT2D eigenvalue weighted by molar-refractivity contribution is 5.87. The van der Waals surface area contributed by atoms with Gasteiger partial charge in [0.15, 0.2) is 0 Å². The molecule has 0 fully saturated rings. The van der Waals surface area contributed by atoms with Gasteiger partial charge in [0.2, 0.25) is 0 Å². The van der Waals surface area contributed by atoms with Crippen molar-refractivity contribution in [1.82, 2.24) is 10.2 Å². The molecule has 1 atom stereocenters. The van der Waals surface area contributed by atoms with Crippen LogP contribution in [0.25, 0.3) is 0 Å². The average Bonchev–Trinajstić information content (AvgIpc) is 2.36. The highest BCUT2D eigenvalue weighted by Gasteiger charge is 2.09. The molecule has 0 amide bonds. The number of rotatable bonds is 7. The van der Waals surface area contributed by atoms with Gasteiger partial charge in [-0.05, 0) is 45.5 Å². The molecule has 0 spiro atoms. The number of hydrogen-bond acceptors (Lipinski definition) is 3. The summed E-state index contributed by atoms with van der Waals surface area (Å²) in [7, 11) is 2.11. The first-order chi connectivity index (χ1) is 8.90. The van der Waals surface area contributed by atoms with E-state index in [9.17, 15) is 4.79 Å². The SMILES string of the molecule is CC(C)N(C)C[C@@H](C)NCc1cccc(C(=O)O)c1. The number of carbonyl (C=O) groups is 1. The molecule has 19 heavy (non-hydrogen) atoms. The minimum absolute atomic E-state index is 0.339. The number of carboxylic acid groups (broad SMARTS) is 1.